The van der Waals surface area contributed by atoms with Crippen LogP contribution in [-0.2, 0) is 0 Å². The van der Waals surface area contributed by atoms with Crippen LogP contribution in [0.15, 0.2) is 27.5 Å². The Kier molecular flexibility index (Phi) is 3.61. The Morgan fingerprint density at radius 3 is 2.89 bits per heavy atom. The molecule has 0 spiro atoms. The van der Waals surface area contributed by atoms with E-state index in [0.29, 0.717) is 11.7 Å². The van der Waals surface area contributed by atoms with E-state index < -0.39 is 0 Å². The molecule has 19 heavy (non-hydrogen) atoms. The summed E-state index contributed by atoms with van der Waals surface area (Å²) in [5, 5.41) is 4.03. The van der Waals surface area contributed by atoms with Gasteiger partial charge < -0.3 is 10.3 Å². The number of aromatic nitrogens is 3. The monoisotopic (exact) mass is 322 g/mol. The highest BCUT2D eigenvalue weighted by Gasteiger charge is 2.28. The molecule has 1 aliphatic rings. The van der Waals surface area contributed by atoms with Crippen molar-refractivity contribution in [3.05, 3.63) is 28.8 Å². The maximum Gasteiger partial charge on any atom is 0.231 e. The van der Waals surface area contributed by atoms with Gasteiger partial charge in [0.25, 0.3) is 0 Å². The molecule has 0 aromatic carbocycles. The first-order chi connectivity index (χ1) is 9.24. The molecule has 5 nitrogen and oxygen atoms in total. The van der Waals surface area contributed by atoms with Crippen LogP contribution < -0.4 is 5.73 Å². The Morgan fingerprint density at radius 1 is 1.26 bits per heavy atom. The Balaban J connectivity index is 1.86. The minimum Gasteiger partial charge on any atom is -0.339 e. The van der Waals surface area contributed by atoms with Gasteiger partial charge in [0.2, 0.25) is 11.7 Å². The van der Waals surface area contributed by atoms with Gasteiger partial charge in [0.15, 0.2) is 0 Å². The van der Waals surface area contributed by atoms with E-state index in [1.165, 1.54) is 12.8 Å². The van der Waals surface area contributed by atoms with Crippen molar-refractivity contribution in [2.45, 2.75) is 37.6 Å². The van der Waals surface area contributed by atoms with Crippen LogP contribution in [-0.4, -0.2) is 21.2 Å². The summed E-state index contributed by atoms with van der Waals surface area (Å²) < 4.78 is 6.28. The molecule has 2 N–H and O–H groups in total. The minimum absolute atomic E-state index is 0.127. The van der Waals surface area contributed by atoms with E-state index in [-0.39, 0.29) is 12.0 Å². The maximum atomic E-state index is 6.14. The van der Waals surface area contributed by atoms with Crippen LogP contribution in [0.1, 0.15) is 37.5 Å². The second-order valence-corrected chi connectivity index (χ2v) is 5.82. The van der Waals surface area contributed by atoms with Crippen molar-refractivity contribution < 1.29 is 4.52 Å². The average molecular weight is 323 g/mol. The first-order valence-electron chi connectivity index (χ1n) is 6.44. The summed E-state index contributed by atoms with van der Waals surface area (Å²) in [6.45, 7) is 0. The molecule has 0 aliphatic heterocycles. The van der Waals surface area contributed by atoms with Gasteiger partial charge in [-0.25, -0.2) is 0 Å². The fourth-order valence-corrected chi connectivity index (χ4v) is 2.87. The Bertz CT molecular complexity index is 571. The SMILES string of the molecule is NC1CCCCC1c1nc(-c2cncc(Br)c2)no1. The molecule has 0 bridgehead atoms. The van der Waals surface area contributed by atoms with Gasteiger partial charge >= 0.3 is 0 Å². The zero-order chi connectivity index (χ0) is 13.2. The van der Waals surface area contributed by atoms with Crippen LogP contribution >= 0.6 is 15.9 Å². The lowest BCUT2D eigenvalue weighted by atomic mass is 9.85. The molecule has 1 aliphatic carbocycles. The van der Waals surface area contributed by atoms with Gasteiger partial charge in [-0.15, -0.1) is 0 Å². The standard InChI is InChI=1S/C13H15BrN4O/c14-9-5-8(6-16-7-9)12-17-13(19-18-12)10-3-1-2-4-11(10)15/h5-7,10-11H,1-4,15H2. The zero-order valence-corrected chi connectivity index (χ0v) is 12.0. The van der Waals surface area contributed by atoms with Gasteiger partial charge in [0.05, 0.1) is 5.92 Å². The fourth-order valence-electron chi connectivity index (χ4n) is 2.50. The van der Waals surface area contributed by atoms with Crippen molar-refractivity contribution in [1.82, 2.24) is 15.1 Å². The Morgan fingerprint density at radius 2 is 2.11 bits per heavy atom. The van der Waals surface area contributed by atoms with Gasteiger partial charge in [-0.1, -0.05) is 18.0 Å². The fraction of sp³-hybridized carbons (Fsp3) is 0.462. The van der Waals surface area contributed by atoms with Crippen molar-refractivity contribution in [2.24, 2.45) is 5.73 Å². The number of hydrogen-bond acceptors (Lipinski definition) is 5. The second kappa shape index (κ2) is 5.38. The molecule has 2 aromatic rings. The predicted octanol–water partition coefficient (Wildman–Crippen LogP) is 2.88. The van der Waals surface area contributed by atoms with Gasteiger partial charge in [-0.3, -0.25) is 4.98 Å². The summed E-state index contributed by atoms with van der Waals surface area (Å²) in [4.78, 5) is 8.58. The first-order valence-corrected chi connectivity index (χ1v) is 7.23. The summed E-state index contributed by atoms with van der Waals surface area (Å²) in [7, 11) is 0. The van der Waals surface area contributed by atoms with Gasteiger partial charge in [-0.2, -0.15) is 4.98 Å². The van der Waals surface area contributed by atoms with Crippen molar-refractivity contribution in [2.75, 3.05) is 0 Å². The van der Waals surface area contributed by atoms with E-state index in [1.54, 1.807) is 12.4 Å². The van der Waals surface area contributed by atoms with Gasteiger partial charge in [0.1, 0.15) is 0 Å². The molecule has 1 saturated carbocycles. The molecule has 0 amide bonds. The second-order valence-electron chi connectivity index (χ2n) is 4.90. The third-order valence-electron chi connectivity index (χ3n) is 3.54. The molecule has 0 radical (unpaired) electrons. The van der Waals surface area contributed by atoms with E-state index in [9.17, 15) is 0 Å². The number of pyridine rings is 1. The highest BCUT2D eigenvalue weighted by atomic mass is 79.9. The molecule has 0 saturated heterocycles. The van der Waals surface area contributed by atoms with E-state index in [1.807, 2.05) is 6.07 Å². The predicted molar refractivity (Wildman–Crippen MR) is 74.4 cm³/mol. The summed E-state index contributed by atoms with van der Waals surface area (Å²) in [5.74, 6) is 1.42. The number of halogens is 1. The van der Waals surface area contributed by atoms with Crippen LogP contribution in [0.25, 0.3) is 11.4 Å². The molecular weight excluding hydrogens is 308 g/mol. The molecule has 100 valence electrons. The Hall–Kier alpha value is -1.27. The van der Waals surface area contributed by atoms with Crippen LogP contribution in [0.5, 0.6) is 0 Å². The Labute approximate surface area is 119 Å². The number of hydrogen-bond donors (Lipinski definition) is 1. The third-order valence-corrected chi connectivity index (χ3v) is 3.98. The summed E-state index contributed by atoms with van der Waals surface area (Å²) >= 11 is 3.38. The van der Waals surface area contributed by atoms with E-state index in [0.717, 1.165) is 22.9 Å². The van der Waals surface area contributed by atoms with Crippen LogP contribution in [0.3, 0.4) is 0 Å². The number of rotatable bonds is 2. The summed E-state index contributed by atoms with van der Waals surface area (Å²) in [6.07, 6.45) is 7.87. The summed E-state index contributed by atoms with van der Waals surface area (Å²) in [6, 6.07) is 2.05. The first kappa shape index (κ1) is 12.7. The normalized spacial score (nSPS) is 23.5. The van der Waals surface area contributed by atoms with E-state index in [4.69, 9.17) is 10.3 Å². The average Bonchev–Trinajstić information content (AvgIpc) is 2.89. The highest BCUT2D eigenvalue weighted by Crippen LogP contribution is 2.32. The van der Waals surface area contributed by atoms with Crippen molar-refractivity contribution >= 4 is 15.9 Å². The topological polar surface area (TPSA) is 77.8 Å². The molecule has 2 aromatic heterocycles. The summed E-state index contributed by atoms with van der Waals surface area (Å²) in [5.41, 5.74) is 6.98. The molecular formula is C13H15BrN4O. The van der Waals surface area contributed by atoms with Crippen LogP contribution in [0.4, 0.5) is 0 Å². The van der Waals surface area contributed by atoms with Crippen molar-refractivity contribution in [3.63, 3.8) is 0 Å². The number of nitrogens with zero attached hydrogens (tertiary/aromatic N) is 3. The molecule has 1 fully saturated rings. The van der Waals surface area contributed by atoms with E-state index >= 15 is 0 Å². The van der Waals surface area contributed by atoms with Crippen LogP contribution in [0, 0.1) is 0 Å². The van der Waals surface area contributed by atoms with E-state index in [2.05, 4.69) is 31.1 Å². The third kappa shape index (κ3) is 2.69. The molecule has 3 rings (SSSR count). The lowest BCUT2D eigenvalue weighted by Crippen LogP contribution is -2.31. The van der Waals surface area contributed by atoms with Gasteiger partial charge in [-0.05, 0) is 34.8 Å². The maximum absolute atomic E-state index is 6.14. The highest BCUT2D eigenvalue weighted by molar-refractivity contribution is 9.10. The minimum atomic E-state index is 0.127. The molecule has 2 unspecified atom stereocenters. The molecule has 2 atom stereocenters. The zero-order valence-electron chi connectivity index (χ0n) is 10.4. The quantitative estimate of drug-likeness (QED) is 0.919. The number of nitrogens with two attached hydrogens (primary N) is 1. The smallest absolute Gasteiger partial charge is 0.231 e. The lowest BCUT2D eigenvalue weighted by Gasteiger charge is -2.25. The van der Waals surface area contributed by atoms with Gasteiger partial charge in [0, 0.05) is 28.5 Å². The largest absolute Gasteiger partial charge is 0.339 e. The lowest BCUT2D eigenvalue weighted by molar-refractivity contribution is 0.290. The van der Waals surface area contributed by atoms with Crippen molar-refractivity contribution in [3.8, 4) is 11.4 Å². The molecule has 2 heterocycles. The van der Waals surface area contributed by atoms with Crippen molar-refractivity contribution in [1.29, 1.82) is 0 Å². The molecule has 6 heteroatoms. The van der Waals surface area contributed by atoms with Crippen LogP contribution in [0.2, 0.25) is 0 Å².